The molecular weight excluding hydrogens is 246 g/mol. The van der Waals surface area contributed by atoms with Gasteiger partial charge in [0.15, 0.2) is 5.82 Å². The van der Waals surface area contributed by atoms with Crippen molar-refractivity contribution in [3.05, 3.63) is 24.3 Å². The van der Waals surface area contributed by atoms with Crippen LogP contribution in [0.3, 0.4) is 0 Å². The van der Waals surface area contributed by atoms with Crippen molar-refractivity contribution in [2.75, 3.05) is 6.61 Å². The van der Waals surface area contributed by atoms with E-state index >= 15 is 0 Å². The van der Waals surface area contributed by atoms with Gasteiger partial charge in [-0.05, 0) is 30.7 Å². The van der Waals surface area contributed by atoms with Gasteiger partial charge in [-0.1, -0.05) is 13.3 Å². The predicted molar refractivity (Wildman–Crippen MR) is 69.0 cm³/mol. The molecule has 0 aliphatic heterocycles. The van der Waals surface area contributed by atoms with Gasteiger partial charge in [0.05, 0.1) is 6.61 Å². The largest absolute Gasteiger partial charge is 0.494 e. The summed E-state index contributed by atoms with van der Waals surface area (Å²) >= 11 is 0. The van der Waals surface area contributed by atoms with Crippen LogP contribution in [0.2, 0.25) is 0 Å². The molecule has 0 aliphatic carbocycles. The summed E-state index contributed by atoms with van der Waals surface area (Å²) in [5.74, 6) is 0.977. The molecule has 0 unspecified atom stereocenters. The highest BCUT2D eigenvalue weighted by atomic mass is 16.5. The van der Waals surface area contributed by atoms with E-state index in [1.165, 1.54) is 0 Å². The SMILES string of the molecule is CCCCOc1ccc(-c2nc(O)nc(O)n2)cc1. The first-order chi connectivity index (χ1) is 9.19. The average Bonchev–Trinajstić information content (AvgIpc) is 2.39. The van der Waals surface area contributed by atoms with E-state index in [-0.39, 0.29) is 5.82 Å². The fourth-order valence-electron chi connectivity index (χ4n) is 1.52. The zero-order valence-electron chi connectivity index (χ0n) is 10.6. The van der Waals surface area contributed by atoms with Gasteiger partial charge in [-0.25, -0.2) is 0 Å². The van der Waals surface area contributed by atoms with Crippen LogP contribution in [-0.4, -0.2) is 31.8 Å². The number of benzene rings is 1. The van der Waals surface area contributed by atoms with Crippen molar-refractivity contribution in [2.45, 2.75) is 19.8 Å². The predicted octanol–water partition coefficient (Wildman–Crippen LogP) is 2.13. The Kier molecular flexibility index (Phi) is 4.12. The molecule has 0 aliphatic rings. The first-order valence-electron chi connectivity index (χ1n) is 6.06. The summed E-state index contributed by atoms with van der Waals surface area (Å²) in [5.41, 5.74) is 0.663. The van der Waals surface area contributed by atoms with Crippen LogP contribution in [0.5, 0.6) is 17.8 Å². The molecule has 2 N–H and O–H groups in total. The van der Waals surface area contributed by atoms with Gasteiger partial charge in [-0.2, -0.15) is 9.97 Å². The fraction of sp³-hybridized carbons (Fsp3) is 0.308. The highest BCUT2D eigenvalue weighted by molar-refractivity contribution is 5.56. The number of nitrogens with zero attached hydrogens (tertiary/aromatic N) is 3. The van der Waals surface area contributed by atoms with Crippen LogP contribution in [0.1, 0.15) is 19.8 Å². The lowest BCUT2D eigenvalue weighted by molar-refractivity contribution is 0.309. The quantitative estimate of drug-likeness (QED) is 0.801. The number of hydrogen-bond donors (Lipinski definition) is 2. The molecule has 1 heterocycles. The Morgan fingerprint density at radius 2 is 1.63 bits per heavy atom. The number of aromatic nitrogens is 3. The Morgan fingerprint density at radius 1 is 1.00 bits per heavy atom. The van der Waals surface area contributed by atoms with Crippen molar-refractivity contribution in [1.82, 2.24) is 15.0 Å². The summed E-state index contributed by atoms with van der Waals surface area (Å²) in [6.45, 7) is 2.79. The molecule has 0 atom stereocenters. The second-order valence-corrected chi connectivity index (χ2v) is 3.99. The van der Waals surface area contributed by atoms with Gasteiger partial charge in [0.2, 0.25) is 0 Å². The summed E-state index contributed by atoms with van der Waals surface area (Å²) in [7, 11) is 0. The topological polar surface area (TPSA) is 88.4 Å². The molecule has 19 heavy (non-hydrogen) atoms. The Morgan fingerprint density at radius 3 is 2.21 bits per heavy atom. The van der Waals surface area contributed by atoms with E-state index in [2.05, 4.69) is 21.9 Å². The lowest BCUT2D eigenvalue weighted by atomic mass is 10.2. The Balaban J connectivity index is 2.13. The van der Waals surface area contributed by atoms with Crippen LogP contribution in [0, 0.1) is 0 Å². The summed E-state index contributed by atoms with van der Waals surface area (Å²) in [5, 5.41) is 18.4. The highest BCUT2D eigenvalue weighted by Crippen LogP contribution is 2.21. The van der Waals surface area contributed by atoms with E-state index in [0.29, 0.717) is 12.2 Å². The smallest absolute Gasteiger partial charge is 0.320 e. The van der Waals surface area contributed by atoms with Crippen LogP contribution in [0.25, 0.3) is 11.4 Å². The third-order valence-electron chi connectivity index (χ3n) is 2.49. The van der Waals surface area contributed by atoms with Gasteiger partial charge in [0, 0.05) is 5.56 Å². The minimum atomic E-state index is -0.509. The van der Waals surface area contributed by atoms with Crippen LogP contribution < -0.4 is 4.74 Å². The third-order valence-corrected chi connectivity index (χ3v) is 2.49. The minimum absolute atomic E-state index is 0.213. The van der Waals surface area contributed by atoms with Crippen LogP contribution in [0.4, 0.5) is 0 Å². The Hall–Kier alpha value is -2.37. The lowest BCUT2D eigenvalue weighted by Crippen LogP contribution is -1.96. The van der Waals surface area contributed by atoms with E-state index < -0.39 is 12.0 Å². The van der Waals surface area contributed by atoms with Crippen LogP contribution >= 0.6 is 0 Å². The molecule has 100 valence electrons. The molecule has 1 aromatic carbocycles. The van der Waals surface area contributed by atoms with Gasteiger partial charge in [-0.3, -0.25) is 0 Å². The number of hydrogen-bond acceptors (Lipinski definition) is 6. The van der Waals surface area contributed by atoms with E-state index in [4.69, 9.17) is 4.74 Å². The molecule has 0 amide bonds. The maximum absolute atomic E-state index is 9.21. The molecule has 6 nitrogen and oxygen atoms in total. The average molecular weight is 261 g/mol. The molecule has 0 spiro atoms. The number of aromatic hydroxyl groups is 2. The molecule has 1 aromatic heterocycles. The molecule has 2 aromatic rings. The summed E-state index contributed by atoms with van der Waals surface area (Å²) in [6, 6.07) is 6.09. The maximum Gasteiger partial charge on any atom is 0.320 e. The zero-order valence-corrected chi connectivity index (χ0v) is 10.6. The van der Waals surface area contributed by atoms with Crippen molar-refractivity contribution in [2.24, 2.45) is 0 Å². The van der Waals surface area contributed by atoms with Gasteiger partial charge >= 0.3 is 12.0 Å². The van der Waals surface area contributed by atoms with Crippen molar-refractivity contribution in [3.8, 4) is 29.2 Å². The molecule has 6 heteroatoms. The van der Waals surface area contributed by atoms with Crippen molar-refractivity contribution in [1.29, 1.82) is 0 Å². The molecule has 2 rings (SSSR count). The monoisotopic (exact) mass is 261 g/mol. The summed E-state index contributed by atoms with van der Waals surface area (Å²) < 4.78 is 5.53. The number of rotatable bonds is 5. The second kappa shape index (κ2) is 5.99. The zero-order chi connectivity index (χ0) is 13.7. The van der Waals surface area contributed by atoms with Crippen molar-refractivity contribution < 1.29 is 14.9 Å². The fourth-order valence-corrected chi connectivity index (χ4v) is 1.52. The van der Waals surface area contributed by atoms with E-state index in [1.54, 1.807) is 24.3 Å². The summed E-state index contributed by atoms with van der Waals surface area (Å²) in [6.07, 6.45) is 2.10. The van der Waals surface area contributed by atoms with Crippen LogP contribution in [-0.2, 0) is 0 Å². The molecular formula is C13H15N3O3. The van der Waals surface area contributed by atoms with Gasteiger partial charge in [-0.15, -0.1) is 4.98 Å². The van der Waals surface area contributed by atoms with Gasteiger partial charge in [0.1, 0.15) is 5.75 Å². The van der Waals surface area contributed by atoms with Gasteiger partial charge < -0.3 is 14.9 Å². The van der Waals surface area contributed by atoms with Gasteiger partial charge in [0.25, 0.3) is 0 Å². The van der Waals surface area contributed by atoms with E-state index in [1.807, 2.05) is 0 Å². The molecule has 0 fully saturated rings. The molecule has 0 saturated carbocycles. The standard InChI is InChI=1S/C13H15N3O3/c1-2-3-8-19-10-6-4-9(5-7-10)11-14-12(17)16-13(18)15-11/h4-7H,2-3,8H2,1H3,(H2,14,15,16,17,18). The molecule has 0 saturated heterocycles. The Labute approximate surface area is 110 Å². The summed E-state index contributed by atoms with van der Waals surface area (Å²) in [4.78, 5) is 10.8. The first kappa shape index (κ1) is 13.1. The minimum Gasteiger partial charge on any atom is -0.494 e. The molecule has 0 bridgehead atoms. The first-order valence-corrected chi connectivity index (χ1v) is 6.06. The maximum atomic E-state index is 9.21. The van der Waals surface area contributed by atoms with Crippen LogP contribution in [0.15, 0.2) is 24.3 Å². The molecule has 0 radical (unpaired) electrons. The van der Waals surface area contributed by atoms with Crippen molar-refractivity contribution >= 4 is 0 Å². The Bertz CT molecular complexity index is 523. The van der Waals surface area contributed by atoms with E-state index in [9.17, 15) is 10.2 Å². The third kappa shape index (κ3) is 3.54. The van der Waals surface area contributed by atoms with Crippen molar-refractivity contribution in [3.63, 3.8) is 0 Å². The second-order valence-electron chi connectivity index (χ2n) is 3.99. The normalized spacial score (nSPS) is 10.4. The van der Waals surface area contributed by atoms with E-state index in [0.717, 1.165) is 18.6 Å². The number of ether oxygens (including phenoxy) is 1. The highest BCUT2D eigenvalue weighted by Gasteiger charge is 2.07. The lowest BCUT2D eigenvalue weighted by Gasteiger charge is -2.06. The number of unbranched alkanes of at least 4 members (excludes halogenated alkanes) is 1.